The molecule has 7 nitrogen and oxygen atoms in total. The molecule has 2 aromatic rings. The van der Waals surface area contributed by atoms with E-state index in [-0.39, 0.29) is 23.4 Å². The van der Waals surface area contributed by atoms with E-state index in [1.165, 1.54) is 6.42 Å². The molecule has 2 aliphatic rings. The zero-order chi connectivity index (χ0) is 22.8. The van der Waals surface area contributed by atoms with Crippen molar-refractivity contribution in [3.8, 4) is 0 Å². The number of hydrogen-bond acceptors (Lipinski definition) is 4. The molecule has 4 rings (SSSR count). The van der Waals surface area contributed by atoms with Crippen LogP contribution >= 0.6 is 12.2 Å². The van der Waals surface area contributed by atoms with E-state index in [1.54, 1.807) is 22.8 Å². The Bertz CT molecular complexity index is 1140. The number of H-pyrrole nitrogens is 1. The van der Waals surface area contributed by atoms with Gasteiger partial charge in [0.25, 0.3) is 11.5 Å². The Labute approximate surface area is 193 Å². The molecule has 1 aliphatic carbocycles. The summed E-state index contributed by atoms with van der Waals surface area (Å²) in [5.41, 5.74) is 0.931. The Hall–Kier alpha value is -2.48. The minimum absolute atomic E-state index is 0.114. The summed E-state index contributed by atoms with van der Waals surface area (Å²) in [6.07, 6.45) is 5.54. The van der Waals surface area contributed by atoms with E-state index in [2.05, 4.69) is 24.1 Å². The van der Waals surface area contributed by atoms with Gasteiger partial charge in [-0.3, -0.25) is 19.0 Å². The maximum absolute atomic E-state index is 13.0. The van der Waals surface area contributed by atoms with Gasteiger partial charge >= 0.3 is 0 Å². The second kappa shape index (κ2) is 9.57. The van der Waals surface area contributed by atoms with Crippen molar-refractivity contribution in [3.05, 3.63) is 38.9 Å². The standard InChI is InChI=1S/C24H32N4O3S/c1-15-6-3-7-19(16(15)2)25-22(30)17-9-10-18-20(14-17)26-24(32)28(23(18)31)13-5-12-27-11-4-8-21(27)29/h9-10,14-16,19H,3-8,11-13H2,1-2H3,(H,25,30)(H,26,32)/t15-,16-,19-/m1/s1. The van der Waals surface area contributed by atoms with E-state index >= 15 is 0 Å². The lowest BCUT2D eigenvalue weighted by Gasteiger charge is -2.34. The Morgan fingerprint density at radius 2 is 2.00 bits per heavy atom. The molecule has 1 aliphatic heterocycles. The molecule has 1 aromatic heterocycles. The van der Waals surface area contributed by atoms with Crippen LogP contribution in [0, 0.1) is 16.6 Å². The quantitative estimate of drug-likeness (QED) is 0.650. The van der Waals surface area contributed by atoms with Crippen molar-refractivity contribution >= 4 is 34.9 Å². The van der Waals surface area contributed by atoms with Crippen LogP contribution in [-0.2, 0) is 11.3 Å². The highest BCUT2D eigenvalue weighted by molar-refractivity contribution is 7.71. The zero-order valence-electron chi connectivity index (χ0n) is 18.9. The average Bonchev–Trinajstić information content (AvgIpc) is 3.18. The number of nitrogens with zero attached hydrogens (tertiary/aromatic N) is 2. The fraction of sp³-hybridized carbons (Fsp3) is 0.583. The molecular weight excluding hydrogens is 424 g/mol. The minimum atomic E-state index is -0.168. The molecule has 1 saturated heterocycles. The van der Waals surface area contributed by atoms with Crippen molar-refractivity contribution in [1.82, 2.24) is 19.8 Å². The lowest BCUT2D eigenvalue weighted by molar-refractivity contribution is -0.127. The first-order valence-corrected chi connectivity index (χ1v) is 12.1. The minimum Gasteiger partial charge on any atom is -0.349 e. The van der Waals surface area contributed by atoms with Crippen LogP contribution in [-0.4, -0.2) is 45.4 Å². The van der Waals surface area contributed by atoms with Crippen LogP contribution in [0.2, 0.25) is 0 Å². The van der Waals surface area contributed by atoms with E-state index in [0.29, 0.717) is 59.0 Å². The summed E-state index contributed by atoms with van der Waals surface area (Å²) in [4.78, 5) is 42.6. The molecule has 0 unspecified atom stereocenters. The number of hydrogen-bond donors (Lipinski definition) is 2. The van der Waals surface area contributed by atoms with Crippen LogP contribution < -0.4 is 10.9 Å². The second-order valence-corrected chi connectivity index (χ2v) is 9.72. The van der Waals surface area contributed by atoms with Gasteiger partial charge in [-0.15, -0.1) is 0 Å². The van der Waals surface area contributed by atoms with Crippen molar-refractivity contribution in [3.63, 3.8) is 0 Å². The van der Waals surface area contributed by atoms with Crippen molar-refractivity contribution in [1.29, 1.82) is 0 Å². The number of nitrogens with one attached hydrogen (secondary N) is 2. The molecule has 3 atom stereocenters. The summed E-state index contributed by atoms with van der Waals surface area (Å²) in [5.74, 6) is 1.12. The molecule has 0 bridgehead atoms. The first kappa shape index (κ1) is 22.7. The first-order valence-electron chi connectivity index (χ1n) is 11.7. The Balaban J connectivity index is 1.49. The normalized spacial score (nSPS) is 23.6. The van der Waals surface area contributed by atoms with E-state index in [1.807, 2.05) is 4.90 Å². The number of aromatic amines is 1. The van der Waals surface area contributed by atoms with E-state index in [0.717, 1.165) is 25.8 Å². The van der Waals surface area contributed by atoms with Crippen LogP contribution in [0.25, 0.3) is 10.9 Å². The highest BCUT2D eigenvalue weighted by Crippen LogP contribution is 2.29. The maximum Gasteiger partial charge on any atom is 0.262 e. The summed E-state index contributed by atoms with van der Waals surface area (Å²) in [5, 5.41) is 3.69. The number of carbonyl (C=O) groups is 2. The van der Waals surface area contributed by atoms with Gasteiger partial charge in [0.05, 0.1) is 10.9 Å². The fourth-order valence-corrected chi connectivity index (χ4v) is 5.28. The van der Waals surface area contributed by atoms with Crippen molar-refractivity contribution in [2.45, 2.75) is 65.0 Å². The van der Waals surface area contributed by atoms with Crippen LogP contribution in [0.15, 0.2) is 23.0 Å². The predicted molar refractivity (Wildman–Crippen MR) is 127 cm³/mol. The maximum atomic E-state index is 13.0. The number of benzene rings is 1. The van der Waals surface area contributed by atoms with Gasteiger partial charge in [-0.2, -0.15) is 0 Å². The lowest BCUT2D eigenvalue weighted by Crippen LogP contribution is -2.43. The number of likely N-dealkylation sites (tertiary alicyclic amines) is 1. The van der Waals surface area contributed by atoms with E-state index in [9.17, 15) is 14.4 Å². The molecule has 32 heavy (non-hydrogen) atoms. The molecule has 2 fully saturated rings. The number of amides is 2. The van der Waals surface area contributed by atoms with E-state index < -0.39 is 0 Å². The summed E-state index contributed by atoms with van der Waals surface area (Å²) < 4.78 is 1.88. The zero-order valence-corrected chi connectivity index (χ0v) is 19.7. The van der Waals surface area contributed by atoms with Crippen molar-refractivity contribution in [2.24, 2.45) is 11.8 Å². The first-order chi connectivity index (χ1) is 15.3. The van der Waals surface area contributed by atoms with E-state index in [4.69, 9.17) is 12.2 Å². The molecule has 172 valence electrons. The second-order valence-electron chi connectivity index (χ2n) is 9.33. The molecule has 2 N–H and O–H groups in total. The van der Waals surface area contributed by atoms with Gasteiger partial charge in [-0.25, -0.2) is 0 Å². The Kier molecular flexibility index (Phi) is 6.79. The third-order valence-electron chi connectivity index (χ3n) is 7.25. The molecule has 0 radical (unpaired) electrons. The van der Waals surface area contributed by atoms with Gasteiger partial charge in [0.15, 0.2) is 4.77 Å². The van der Waals surface area contributed by atoms with Gasteiger partial charge < -0.3 is 15.2 Å². The molecule has 1 saturated carbocycles. The summed E-state index contributed by atoms with van der Waals surface area (Å²) >= 11 is 5.43. The highest BCUT2D eigenvalue weighted by Gasteiger charge is 2.28. The molecule has 2 amide bonds. The third kappa shape index (κ3) is 4.65. The molecule has 8 heteroatoms. The molecule has 0 spiro atoms. The summed E-state index contributed by atoms with van der Waals surface area (Å²) in [6, 6.07) is 5.30. The van der Waals surface area contributed by atoms with Gasteiger partial charge in [-0.05, 0) is 61.5 Å². The smallest absolute Gasteiger partial charge is 0.262 e. The lowest BCUT2D eigenvalue weighted by atomic mass is 9.78. The average molecular weight is 457 g/mol. The monoisotopic (exact) mass is 456 g/mol. The molecule has 1 aromatic carbocycles. The molecular formula is C24H32N4O3S. The number of fused-ring (bicyclic) bond motifs is 1. The predicted octanol–water partition coefficient (Wildman–Crippen LogP) is 3.63. The molecule has 2 heterocycles. The van der Waals surface area contributed by atoms with Crippen LogP contribution in [0.1, 0.15) is 62.7 Å². The largest absolute Gasteiger partial charge is 0.349 e. The number of rotatable bonds is 6. The summed E-state index contributed by atoms with van der Waals surface area (Å²) in [6.45, 7) is 6.33. The van der Waals surface area contributed by atoms with Gasteiger partial charge in [-0.1, -0.05) is 26.7 Å². The number of aromatic nitrogens is 2. The Morgan fingerprint density at radius 1 is 1.19 bits per heavy atom. The highest BCUT2D eigenvalue weighted by atomic mass is 32.1. The topological polar surface area (TPSA) is 87.2 Å². The summed E-state index contributed by atoms with van der Waals surface area (Å²) in [7, 11) is 0. The van der Waals surface area contributed by atoms with Crippen molar-refractivity contribution < 1.29 is 9.59 Å². The fourth-order valence-electron chi connectivity index (χ4n) is 5.00. The van der Waals surface area contributed by atoms with Crippen LogP contribution in [0.3, 0.4) is 0 Å². The van der Waals surface area contributed by atoms with Gasteiger partial charge in [0.2, 0.25) is 5.91 Å². The van der Waals surface area contributed by atoms with Gasteiger partial charge in [0, 0.05) is 37.7 Å². The number of carbonyl (C=O) groups excluding carboxylic acids is 2. The SMILES string of the molecule is C[C@@H]1[C@H](C)CCC[C@H]1NC(=O)c1ccc2c(=O)n(CCCN3CCCC3=O)c(=S)[nH]c2c1. The van der Waals surface area contributed by atoms with Crippen LogP contribution in [0.5, 0.6) is 0 Å². The third-order valence-corrected chi connectivity index (χ3v) is 7.57. The van der Waals surface area contributed by atoms with Crippen LogP contribution in [0.4, 0.5) is 0 Å². The Morgan fingerprint density at radius 3 is 2.75 bits per heavy atom. The van der Waals surface area contributed by atoms with Gasteiger partial charge in [0.1, 0.15) is 0 Å². The van der Waals surface area contributed by atoms with Crippen molar-refractivity contribution in [2.75, 3.05) is 13.1 Å².